The van der Waals surface area contributed by atoms with E-state index < -0.39 is 33.9 Å². The number of ether oxygens (including phenoxy) is 2. The minimum atomic E-state index is -3.07. The lowest BCUT2D eigenvalue weighted by atomic mass is 10.1. The number of hydrogen-bond acceptors (Lipinski definition) is 6. The van der Waals surface area contributed by atoms with Gasteiger partial charge in [-0.2, -0.15) is 0 Å². The third-order valence-corrected chi connectivity index (χ3v) is 5.80. The predicted octanol–water partition coefficient (Wildman–Crippen LogP) is 0.863. The number of carbonyl (C=O) groups excluding carboxylic acids is 2. The van der Waals surface area contributed by atoms with Gasteiger partial charge in [0.15, 0.2) is 15.9 Å². The topological polar surface area (TPSA) is 98.8 Å². The van der Waals surface area contributed by atoms with Crippen LogP contribution in [0.2, 0.25) is 0 Å². The lowest BCUT2D eigenvalue weighted by Crippen LogP contribution is -2.42. The number of benzene rings is 1. The zero-order valence-electron chi connectivity index (χ0n) is 14.4. The lowest BCUT2D eigenvalue weighted by molar-refractivity contribution is -0.155. The molecule has 0 radical (unpaired) electrons. The first kappa shape index (κ1) is 19.2. The van der Waals surface area contributed by atoms with E-state index in [4.69, 9.17) is 9.47 Å². The summed E-state index contributed by atoms with van der Waals surface area (Å²) in [6.45, 7) is 1.48. The normalized spacial score (nSPS) is 19.8. The minimum absolute atomic E-state index is 0.0587. The summed E-state index contributed by atoms with van der Waals surface area (Å²) >= 11 is 0. The second-order valence-corrected chi connectivity index (χ2v) is 8.32. The first-order chi connectivity index (χ1) is 11.8. The number of esters is 1. The maximum atomic E-state index is 12.0. The molecule has 2 rings (SSSR count). The summed E-state index contributed by atoms with van der Waals surface area (Å²) in [6, 6.07) is 6.95. The molecule has 0 spiro atoms. The van der Waals surface area contributed by atoms with Gasteiger partial charge >= 0.3 is 5.97 Å². The van der Waals surface area contributed by atoms with Crippen LogP contribution in [0.4, 0.5) is 0 Å². The number of hydrogen-bond donors (Lipinski definition) is 1. The van der Waals surface area contributed by atoms with Gasteiger partial charge in [-0.05, 0) is 37.5 Å². The van der Waals surface area contributed by atoms with Crippen molar-refractivity contribution in [2.24, 2.45) is 0 Å². The summed E-state index contributed by atoms with van der Waals surface area (Å²) in [4.78, 5) is 23.9. The molecule has 1 aliphatic rings. The number of rotatable bonds is 7. The maximum absolute atomic E-state index is 12.0. The Bertz CT molecular complexity index is 713. The molecule has 8 heteroatoms. The molecule has 7 nitrogen and oxygen atoms in total. The van der Waals surface area contributed by atoms with Gasteiger partial charge in [-0.1, -0.05) is 12.1 Å². The van der Waals surface area contributed by atoms with Crippen LogP contribution in [0.25, 0.3) is 0 Å². The van der Waals surface area contributed by atoms with Crippen molar-refractivity contribution < 1.29 is 27.5 Å². The molecular formula is C17H23NO6S. The second kappa shape index (κ2) is 8.33. The zero-order chi connectivity index (χ0) is 18.4. The van der Waals surface area contributed by atoms with Gasteiger partial charge in [0, 0.05) is 12.5 Å². The van der Waals surface area contributed by atoms with Crippen molar-refractivity contribution in [2.45, 2.75) is 38.3 Å². The molecule has 1 N–H and O–H groups in total. The fourth-order valence-corrected chi connectivity index (χ4v) is 4.25. The highest BCUT2D eigenvalue weighted by Gasteiger charge is 2.30. The second-order valence-electron chi connectivity index (χ2n) is 6.09. The highest BCUT2D eigenvalue weighted by Crippen LogP contribution is 2.14. The summed E-state index contributed by atoms with van der Waals surface area (Å²) in [5.41, 5.74) is 0.964. The van der Waals surface area contributed by atoms with Crippen molar-refractivity contribution in [1.29, 1.82) is 0 Å². The van der Waals surface area contributed by atoms with Gasteiger partial charge in [0.05, 0.1) is 18.6 Å². The zero-order valence-corrected chi connectivity index (χ0v) is 15.2. The molecule has 0 bridgehead atoms. The highest BCUT2D eigenvalue weighted by atomic mass is 32.2. The van der Waals surface area contributed by atoms with E-state index >= 15 is 0 Å². The quantitative estimate of drug-likeness (QED) is 0.716. The maximum Gasteiger partial charge on any atom is 0.306 e. The first-order valence-electron chi connectivity index (χ1n) is 8.12. The number of sulfone groups is 1. The monoisotopic (exact) mass is 369 g/mol. The van der Waals surface area contributed by atoms with E-state index in [0.29, 0.717) is 12.8 Å². The van der Waals surface area contributed by atoms with Crippen LogP contribution in [0.1, 0.15) is 25.3 Å². The van der Waals surface area contributed by atoms with Gasteiger partial charge in [0.25, 0.3) is 5.91 Å². The molecule has 1 fully saturated rings. The molecule has 1 amide bonds. The number of nitrogens with one attached hydrogen (secondary N) is 1. The van der Waals surface area contributed by atoms with E-state index in [1.54, 1.807) is 7.11 Å². The number of methoxy groups -OCH3 is 1. The summed E-state index contributed by atoms with van der Waals surface area (Å²) in [7, 11) is -1.48. The number of aryl methyl sites for hydroxylation is 1. The number of amides is 1. The molecule has 2 atom stereocenters. The van der Waals surface area contributed by atoms with E-state index in [2.05, 4.69) is 5.32 Å². The molecule has 1 aliphatic heterocycles. The van der Waals surface area contributed by atoms with Crippen LogP contribution in [-0.4, -0.2) is 51.1 Å². The summed E-state index contributed by atoms with van der Waals surface area (Å²) in [5.74, 6) is -0.187. The van der Waals surface area contributed by atoms with Gasteiger partial charge in [-0.25, -0.2) is 8.42 Å². The van der Waals surface area contributed by atoms with Gasteiger partial charge in [-0.15, -0.1) is 0 Å². The van der Waals surface area contributed by atoms with Gasteiger partial charge in [0.1, 0.15) is 5.75 Å². The molecule has 1 aromatic rings. The van der Waals surface area contributed by atoms with Crippen molar-refractivity contribution in [3.05, 3.63) is 29.8 Å². The van der Waals surface area contributed by atoms with Crippen LogP contribution >= 0.6 is 0 Å². The van der Waals surface area contributed by atoms with Crippen LogP contribution in [0, 0.1) is 0 Å². The van der Waals surface area contributed by atoms with E-state index in [1.807, 2.05) is 24.3 Å². The van der Waals surface area contributed by atoms with Crippen molar-refractivity contribution in [2.75, 3.05) is 18.6 Å². The average Bonchev–Trinajstić information content (AvgIpc) is 2.91. The molecule has 0 saturated carbocycles. The highest BCUT2D eigenvalue weighted by molar-refractivity contribution is 7.91. The van der Waals surface area contributed by atoms with Crippen LogP contribution in [-0.2, 0) is 30.6 Å². The van der Waals surface area contributed by atoms with Crippen molar-refractivity contribution in [1.82, 2.24) is 5.32 Å². The van der Waals surface area contributed by atoms with Gasteiger partial charge in [0.2, 0.25) is 0 Å². The standard InChI is InChI=1S/C17H23NO6S/c1-12(17(20)18-14-9-10-25(21,22)11-14)24-16(19)8-5-13-3-6-15(23-2)7-4-13/h3-4,6-7,12,14H,5,8-11H2,1-2H3,(H,18,20)/t12-,14-/m0/s1. The Morgan fingerprint density at radius 2 is 1.96 bits per heavy atom. The van der Waals surface area contributed by atoms with Gasteiger partial charge < -0.3 is 14.8 Å². The minimum Gasteiger partial charge on any atom is -0.497 e. The van der Waals surface area contributed by atoms with E-state index in [9.17, 15) is 18.0 Å². The molecule has 0 unspecified atom stereocenters. The molecule has 0 aliphatic carbocycles. The Morgan fingerprint density at radius 3 is 2.52 bits per heavy atom. The summed E-state index contributed by atoms with van der Waals surface area (Å²) in [6.07, 6.45) is 0.0955. The van der Waals surface area contributed by atoms with E-state index in [0.717, 1.165) is 11.3 Å². The largest absolute Gasteiger partial charge is 0.497 e. The van der Waals surface area contributed by atoms with E-state index in [-0.39, 0.29) is 17.9 Å². The van der Waals surface area contributed by atoms with Gasteiger partial charge in [-0.3, -0.25) is 9.59 Å². The summed E-state index contributed by atoms with van der Waals surface area (Å²) < 4.78 is 33.0. The van der Waals surface area contributed by atoms with Crippen LogP contribution in [0.5, 0.6) is 5.75 Å². The number of carbonyl (C=O) groups is 2. The third-order valence-electron chi connectivity index (χ3n) is 4.03. The molecule has 1 heterocycles. The molecule has 1 aromatic carbocycles. The fraction of sp³-hybridized carbons (Fsp3) is 0.529. The molecule has 138 valence electrons. The Morgan fingerprint density at radius 1 is 1.28 bits per heavy atom. The van der Waals surface area contributed by atoms with Crippen LogP contribution in [0.15, 0.2) is 24.3 Å². The lowest BCUT2D eigenvalue weighted by Gasteiger charge is -2.16. The Labute approximate surface area is 147 Å². The molecular weight excluding hydrogens is 346 g/mol. The Hall–Kier alpha value is -2.09. The first-order valence-corrected chi connectivity index (χ1v) is 9.94. The fourth-order valence-electron chi connectivity index (χ4n) is 2.58. The molecule has 0 aromatic heterocycles. The molecule has 25 heavy (non-hydrogen) atoms. The van der Waals surface area contributed by atoms with E-state index in [1.165, 1.54) is 6.92 Å². The smallest absolute Gasteiger partial charge is 0.306 e. The van der Waals surface area contributed by atoms with Crippen LogP contribution in [0.3, 0.4) is 0 Å². The SMILES string of the molecule is COc1ccc(CCC(=O)O[C@@H](C)C(=O)N[C@H]2CCS(=O)(=O)C2)cc1. The Balaban J connectivity index is 1.74. The van der Waals surface area contributed by atoms with Crippen molar-refractivity contribution in [3.8, 4) is 5.75 Å². The third kappa shape index (κ3) is 6.04. The average molecular weight is 369 g/mol. The van der Waals surface area contributed by atoms with Crippen molar-refractivity contribution >= 4 is 21.7 Å². The summed E-state index contributed by atoms with van der Waals surface area (Å²) in [5, 5.41) is 2.62. The predicted molar refractivity (Wildman–Crippen MR) is 92.1 cm³/mol. The van der Waals surface area contributed by atoms with Crippen molar-refractivity contribution in [3.63, 3.8) is 0 Å². The Kier molecular flexibility index (Phi) is 6.41. The molecule has 1 saturated heterocycles. The van der Waals surface area contributed by atoms with Crippen LogP contribution < -0.4 is 10.1 Å².